The smallest absolute Gasteiger partial charge is 0.335 e. The summed E-state index contributed by atoms with van der Waals surface area (Å²) in [5.74, 6) is 0.685. The summed E-state index contributed by atoms with van der Waals surface area (Å²) in [6.07, 6.45) is 2.36. The lowest BCUT2D eigenvalue weighted by atomic mass is 10.1. The third kappa shape index (κ3) is 3.83. The molecule has 0 aliphatic carbocycles. The van der Waals surface area contributed by atoms with E-state index < -0.39 is 6.10 Å². The van der Waals surface area contributed by atoms with Crippen LogP contribution in [0.25, 0.3) is 0 Å². The molecule has 0 spiro atoms. The monoisotopic (exact) mass is 322 g/mol. The minimum Gasteiger partial charge on any atom is -0.456 e. The van der Waals surface area contributed by atoms with Crippen LogP contribution in [-0.4, -0.2) is 37.1 Å². The molecule has 2 aliphatic heterocycles. The maximum Gasteiger partial charge on any atom is 0.335 e. The second kappa shape index (κ2) is 7.49. The summed E-state index contributed by atoms with van der Waals surface area (Å²) in [6, 6.07) is 8.13. The quantitative estimate of drug-likeness (QED) is 0.778. The van der Waals surface area contributed by atoms with Crippen LogP contribution in [0.15, 0.2) is 29.2 Å². The van der Waals surface area contributed by atoms with E-state index in [4.69, 9.17) is 14.2 Å². The van der Waals surface area contributed by atoms with Crippen molar-refractivity contribution in [1.82, 2.24) is 0 Å². The SMILES string of the molecule is C[C@@H](OC[C@@H]1CCCO1)C(=O)O[C@@H]1CCSc2ccccc21. The van der Waals surface area contributed by atoms with E-state index in [-0.39, 0.29) is 18.2 Å². The summed E-state index contributed by atoms with van der Waals surface area (Å²) in [7, 11) is 0. The molecule has 0 bridgehead atoms. The molecule has 5 heteroatoms. The van der Waals surface area contributed by atoms with E-state index in [2.05, 4.69) is 6.07 Å². The molecule has 0 amide bonds. The van der Waals surface area contributed by atoms with E-state index in [1.54, 1.807) is 6.92 Å². The van der Waals surface area contributed by atoms with Crippen molar-refractivity contribution in [3.05, 3.63) is 29.8 Å². The number of fused-ring (bicyclic) bond motifs is 1. The molecule has 1 aromatic carbocycles. The van der Waals surface area contributed by atoms with Crippen LogP contribution in [-0.2, 0) is 19.0 Å². The Hall–Kier alpha value is -1.04. The normalized spacial score (nSPS) is 25.5. The number of esters is 1. The van der Waals surface area contributed by atoms with Crippen molar-refractivity contribution in [1.29, 1.82) is 0 Å². The Balaban J connectivity index is 1.53. The Kier molecular flexibility index (Phi) is 5.39. The fourth-order valence-corrected chi connectivity index (χ4v) is 3.86. The first-order valence-corrected chi connectivity index (χ1v) is 8.88. The van der Waals surface area contributed by atoms with E-state index in [0.717, 1.165) is 37.2 Å². The first-order chi connectivity index (χ1) is 10.7. The van der Waals surface area contributed by atoms with Gasteiger partial charge >= 0.3 is 5.97 Å². The summed E-state index contributed by atoms with van der Waals surface area (Å²) in [5, 5.41) is 0. The van der Waals surface area contributed by atoms with Crippen LogP contribution < -0.4 is 0 Å². The van der Waals surface area contributed by atoms with E-state index in [1.807, 2.05) is 30.0 Å². The summed E-state index contributed by atoms with van der Waals surface area (Å²) < 4.78 is 16.8. The van der Waals surface area contributed by atoms with Crippen LogP contribution in [0.1, 0.15) is 37.9 Å². The van der Waals surface area contributed by atoms with Gasteiger partial charge in [-0.3, -0.25) is 0 Å². The van der Waals surface area contributed by atoms with E-state index >= 15 is 0 Å². The topological polar surface area (TPSA) is 44.8 Å². The third-order valence-corrected chi connectivity index (χ3v) is 5.17. The number of rotatable bonds is 5. The van der Waals surface area contributed by atoms with Crippen molar-refractivity contribution in [2.45, 2.75) is 49.4 Å². The van der Waals surface area contributed by atoms with Gasteiger partial charge < -0.3 is 14.2 Å². The molecule has 22 heavy (non-hydrogen) atoms. The van der Waals surface area contributed by atoms with Crippen LogP contribution in [0, 0.1) is 0 Å². The average molecular weight is 322 g/mol. The van der Waals surface area contributed by atoms with Crippen LogP contribution in [0.3, 0.4) is 0 Å². The highest BCUT2D eigenvalue weighted by Crippen LogP contribution is 2.38. The lowest BCUT2D eigenvalue weighted by Crippen LogP contribution is -2.29. The molecule has 3 rings (SSSR count). The van der Waals surface area contributed by atoms with Crippen molar-refractivity contribution >= 4 is 17.7 Å². The average Bonchev–Trinajstić information content (AvgIpc) is 3.06. The Bertz CT molecular complexity index is 513. The first-order valence-electron chi connectivity index (χ1n) is 7.89. The lowest BCUT2D eigenvalue weighted by molar-refractivity contribution is -0.164. The highest BCUT2D eigenvalue weighted by Gasteiger charge is 2.27. The van der Waals surface area contributed by atoms with Gasteiger partial charge in [-0.2, -0.15) is 0 Å². The van der Waals surface area contributed by atoms with Gasteiger partial charge in [-0.1, -0.05) is 18.2 Å². The largest absolute Gasteiger partial charge is 0.456 e. The van der Waals surface area contributed by atoms with Gasteiger partial charge in [0.15, 0.2) is 6.10 Å². The number of carbonyl (C=O) groups is 1. The molecule has 1 saturated heterocycles. The van der Waals surface area contributed by atoms with Gasteiger partial charge in [0.2, 0.25) is 0 Å². The van der Waals surface area contributed by atoms with Gasteiger partial charge in [-0.15, -0.1) is 11.8 Å². The molecular weight excluding hydrogens is 300 g/mol. The molecule has 1 aromatic rings. The highest BCUT2D eigenvalue weighted by molar-refractivity contribution is 7.99. The van der Waals surface area contributed by atoms with Crippen LogP contribution in [0.2, 0.25) is 0 Å². The van der Waals surface area contributed by atoms with Crippen molar-refractivity contribution in [3.63, 3.8) is 0 Å². The van der Waals surface area contributed by atoms with Gasteiger partial charge in [0.25, 0.3) is 0 Å². The van der Waals surface area contributed by atoms with Gasteiger partial charge in [0, 0.05) is 22.8 Å². The molecule has 120 valence electrons. The predicted molar refractivity (Wildman–Crippen MR) is 85.0 cm³/mol. The summed E-state index contributed by atoms with van der Waals surface area (Å²) >= 11 is 1.82. The molecule has 0 saturated carbocycles. The van der Waals surface area contributed by atoms with Crippen LogP contribution in [0.4, 0.5) is 0 Å². The highest BCUT2D eigenvalue weighted by atomic mass is 32.2. The zero-order chi connectivity index (χ0) is 15.4. The van der Waals surface area contributed by atoms with E-state index in [9.17, 15) is 4.79 Å². The number of thioether (sulfide) groups is 1. The molecule has 1 fully saturated rings. The minimum atomic E-state index is -0.550. The minimum absolute atomic E-state index is 0.127. The second-order valence-electron chi connectivity index (χ2n) is 5.71. The zero-order valence-corrected chi connectivity index (χ0v) is 13.6. The van der Waals surface area contributed by atoms with Crippen molar-refractivity contribution < 1.29 is 19.0 Å². The van der Waals surface area contributed by atoms with Crippen molar-refractivity contribution in [2.24, 2.45) is 0 Å². The van der Waals surface area contributed by atoms with Gasteiger partial charge in [0.1, 0.15) is 6.10 Å². The van der Waals surface area contributed by atoms with Gasteiger partial charge in [-0.05, 0) is 32.3 Å². The summed E-state index contributed by atoms with van der Waals surface area (Å²) in [6.45, 7) is 3.01. The lowest BCUT2D eigenvalue weighted by Gasteiger charge is -2.26. The third-order valence-electron chi connectivity index (χ3n) is 4.05. The Morgan fingerprint density at radius 3 is 3.09 bits per heavy atom. The number of hydrogen-bond acceptors (Lipinski definition) is 5. The molecule has 2 heterocycles. The Labute approximate surface area is 135 Å². The van der Waals surface area contributed by atoms with Gasteiger partial charge in [0.05, 0.1) is 12.7 Å². The maximum atomic E-state index is 12.2. The van der Waals surface area contributed by atoms with Crippen LogP contribution >= 0.6 is 11.8 Å². The molecule has 0 unspecified atom stereocenters. The molecule has 3 atom stereocenters. The molecule has 0 radical (unpaired) electrons. The predicted octanol–water partition coefficient (Wildman–Crippen LogP) is 3.35. The molecule has 4 nitrogen and oxygen atoms in total. The second-order valence-corrected chi connectivity index (χ2v) is 6.85. The number of hydrogen-bond donors (Lipinski definition) is 0. The first kappa shape index (κ1) is 15.8. The number of carbonyl (C=O) groups excluding carboxylic acids is 1. The van der Waals surface area contributed by atoms with Crippen LogP contribution in [0.5, 0.6) is 0 Å². The number of ether oxygens (including phenoxy) is 3. The zero-order valence-electron chi connectivity index (χ0n) is 12.8. The fourth-order valence-electron chi connectivity index (χ4n) is 2.76. The Morgan fingerprint density at radius 1 is 1.41 bits per heavy atom. The van der Waals surface area contributed by atoms with E-state index in [0.29, 0.717) is 6.61 Å². The van der Waals surface area contributed by atoms with Crippen molar-refractivity contribution in [2.75, 3.05) is 19.0 Å². The molecule has 2 aliphatic rings. The maximum absolute atomic E-state index is 12.2. The van der Waals surface area contributed by atoms with Gasteiger partial charge in [-0.25, -0.2) is 4.79 Å². The molecule has 0 aromatic heterocycles. The standard InChI is InChI=1S/C17H22O4S/c1-12(20-11-13-5-4-9-19-13)17(18)21-15-8-10-22-16-7-3-2-6-14(15)16/h2-3,6-7,12-13,15H,4-5,8-11H2,1H3/t12-,13+,15-/m1/s1. The molecule has 0 N–H and O–H groups in total. The number of benzene rings is 1. The fraction of sp³-hybridized carbons (Fsp3) is 0.588. The summed E-state index contributed by atoms with van der Waals surface area (Å²) in [5.41, 5.74) is 1.11. The molecular formula is C17H22O4S. The Morgan fingerprint density at radius 2 is 2.27 bits per heavy atom. The van der Waals surface area contributed by atoms with Crippen molar-refractivity contribution in [3.8, 4) is 0 Å². The van der Waals surface area contributed by atoms with E-state index in [1.165, 1.54) is 4.90 Å². The summed E-state index contributed by atoms with van der Waals surface area (Å²) in [4.78, 5) is 13.4.